The van der Waals surface area contributed by atoms with Gasteiger partial charge in [0.25, 0.3) is 0 Å². The van der Waals surface area contributed by atoms with Crippen LogP contribution in [0.2, 0.25) is 0 Å². The molecule has 0 saturated heterocycles. The minimum atomic E-state index is -3.60. The van der Waals surface area contributed by atoms with E-state index in [1.807, 2.05) is 13.0 Å². The lowest BCUT2D eigenvalue weighted by molar-refractivity contribution is 0.579. The van der Waals surface area contributed by atoms with Crippen LogP contribution >= 0.6 is 0 Å². The van der Waals surface area contributed by atoms with Crippen LogP contribution in [0, 0.1) is 13.8 Å². The van der Waals surface area contributed by atoms with Crippen LogP contribution in [0.25, 0.3) is 0 Å². The Bertz CT molecular complexity index is 713. The Hall–Kier alpha value is -1.92. The first-order valence-corrected chi connectivity index (χ1v) is 7.65. The molecule has 0 unspecified atom stereocenters. The lowest BCUT2D eigenvalue weighted by atomic mass is 10.1. The van der Waals surface area contributed by atoms with E-state index in [9.17, 15) is 8.42 Å². The predicted octanol–water partition coefficient (Wildman–Crippen LogP) is 1.76. The molecule has 3 N–H and O–H groups in total. The van der Waals surface area contributed by atoms with Crippen molar-refractivity contribution in [2.45, 2.75) is 25.3 Å². The van der Waals surface area contributed by atoms with E-state index in [2.05, 4.69) is 9.71 Å². The number of rotatable bonds is 4. The van der Waals surface area contributed by atoms with Crippen LogP contribution in [0.15, 0.2) is 41.4 Å². The minimum absolute atomic E-state index is 0.149. The highest BCUT2D eigenvalue weighted by Gasteiger charge is 2.18. The summed E-state index contributed by atoms with van der Waals surface area (Å²) in [4.78, 5) is 4.30. The molecule has 0 saturated carbocycles. The zero-order valence-electron chi connectivity index (χ0n) is 11.4. The smallest absolute Gasteiger partial charge is 0.241 e. The molecular formula is C14H17N3O2S. The van der Waals surface area contributed by atoms with Crippen molar-refractivity contribution in [2.24, 2.45) is 0 Å². The Balaban J connectivity index is 2.27. The Morgan fingerprint density at radius 3 is 2.65 bits per heavy atom. The van der Waals surface area contributed by atoms with Crippen molar-refractivity contribution in [3.63, 3.8) is 0 Å². The van der Waals surface area contributed by atoms with Crippen LogP contribution in [0.3, 0.4) is 0 Å². The van der Waals surface area contributed by atoms with Gasteiger partial charge in [0.1, 0.15) is 0 Å². The molecule has 0 bridgehead atoms. The molecule has 5 nitrogen and oxygen atoms in total. The summed E-state index contributed by atoms with van der Waals surface area (Å²) in [5.74, 6) is 0. The van der Waals surface area contributed by atoms with Gasteiger partial charge in [-0.1, -0.05) is 6.07 Å². The van der Waals surface area contributed by atoms with Crippen molar-refractivity contribution in [1.29, 1.82) is 0 Å². The molecule has 2 rings (SSSR count). The van der Waals surface area contributed by atoms with Gasteiger partial charge in [-0.2, -0.15) is 0 Å². The van der Waals surface area contributed by atoms with E-state index in [1.54, 1.807) is 37.4 Å². The summed E-state index contributed by atoms with van der Waals surface area (Å²) in [5.41, 5.74) is 8.33. The molecule has 2 aromatic rings. The average molecular weight is 291 g/mol. The van der Waals surface area contributed by atoms with E-state index in [0.717, 1.165) is 5.56 Å². The molecule has 0 spiro atoms. The van der Waals surface area contributed by atoms with Gasteiger partial charge in [0.2, 0.25) is 10.0 Å². The zero-order chi connectivity index (χ0) is 14.8. The van der Waals surface area contributed by atoms with Crippen molar-refractivity contribution in [3.05, 3.63) is 53.3 Å². The number of hydrogen-bond acceptors (Lipinski definition) is 4. The number of anilines is 1. The van der Waals surface area contributed by atoms with Crippen LogP contribution in [0.5, 0.6) is 0 Å². The van der Waals surface area contributed by atoms with Crippen LogP contribution in [-0.4, -0.2) is 13.4 Å². The first-order chi connectivity index (χ1) is 9.40. The number of nitrogens with two attached hydrogens (primary N) is 1. The Morgan fingerprint density at radius 1 is 1.25 bits per heavy atom. The second kappa shape index (κ2) is 5.60. The lowest BCUT2D eigenvalue weighted by Crippen LogP contribution is -2.24. The lowest BCUT2D eigenvalue weighted by Gasteiger charge is -2.12. The number of pyridine rings is 1. The molecule has 1 aromatic heterocycles. The van der Waals surface area contributed by atoms with Crippen LogP contribution in [0.4, 0.5) is 5.69 Å². The third-order valence-corrected chi connectivity index (χ3v) is 4.53. The number of nitrogens with zero attached hydrogens (tertiary/aromatic N) is 1. The molecule has 1 aromatic carbocycles. The van der Waals surface area contributed by atoms with E-state index in [0.29, 0.717) is 16.9 Å². The predicted molar refractivity (Wildman–Crippen MR) is 78.6 cm³/mol. The average Bonchev–Trinajstić information content (AvgIpc) is 2.42. The van der Waals surface area contributed by atoms with Crippen LogP contribution in [-0.2, 0) is 16.6 Å². The first-order valence-electron chi connectivity index (χ1n) is 6.16. The van der Waals surface area contributed by atoms with Gasteiger partial charge in [0.15, 0.2) is 0 Å². The quantitative estimate of drug-likeness (QED) is 0.841. The van der Waals surface area contributed by atoms with E-state index >= 15 is 0 Å². The molecule has 1 heterocycles. The monoisotopic (exact) mass is 291 g/mol. The van der Waals surface area contributed by atoms with Crippen molar-refractivity contribution in [2.75, 3.05) is 5.73 Å². The molecule has 0 aliphatic heterocycles. The molecule has 0 amide bonds. The van der Waals surface area contributed by atoms with Crippen molar-refractivity contribution >= 4 is 15.7 Å². The number of nitrogens with one attached hydrogen (secondary N) is 1. The van der Waals surface area contributed by atoms with Crippen molar-refractivity contribution in [3.8, 4) is 0 Å². The van der Waals surface area contributed by atoms with E-state index in [-0.39, 0.29) is 11.4 Å². The van der Waals surface area contributed by atoms with Gasteiger partial charge in [-0.3, -0.25) is 4.98 Å². The van der Waals surface area contributed by atoms with Gasteiger partial charge in [0.05, 0.1) is 17.1 Å². The minimum Gasteiger partial charge on any atom is -0.398 e. The van der Waals surface area contributed by atoms with Crippen LogP contribution in [0.1, 0.15) is 16.8 Å². The SMILES string of the molecule is Cc1cc(N)c(C)c(S(=O)(=O)NCc2ccccn2)c1. The standard InChI is InChI=1S/C14H17N3O2S/c1-10-7-13(15)11(2)14(8-10)20(18,19)17-9-12-5-3-4-6-16-12/h3-8,17H,9,15H2,1-2H3. The molecular weight excluding hydrogens is 274 g/mol. The maximum Gasteiger partial charge on any atom is 0.241 e. The highest BCUT2D eigenvalue weighted by atomic mass is 32.2. The summed E-state index contributed by atoms with van der Waals surface area (Å²) < 4.78 is 27.2. The van der Waals surface area contributed by atoms with Gasteiger partial charge >= 0.3 is 0 Å². The van der Waals surface area contributed by atoms with Gasteiger partial charge in [0, 0.05) is 11.9 Å². The number of nitrogen functional groups attached to an aromatic ring is 1. The first kappa shape index (κ1) is 14.5. The highest BCUT2D eigenvalue weighted by Crippen LogP contribution is 2.22. The molecule has 0 atom stereocenters. The fourth-order valence-corrected chi connectivity index (χ4v) is 3.24. The van der Waals surface area contributed by atoms with Crippen molar-refractivity contribution in [1.82, 2.24) is 9.71 Å². The zero-order valence-corrected chi connectivity index (χ0v) is 12.2. The van der Waals surface area contributed by atoms with Crippen LogP contribution < -0.4 is 10.5 Å². The van der Waals surface area contributed by atoms with Gasteiger partial charge in [-0.25, -0.2) is 13.1 Å². The second-order valence-corrected chi connectivity index (χ2v) is 6.36. The topological polar surface area (TPSA) is 85.1 Å². The third kappa shape index (κ3) is 3.15. The maximum atomic E-state index is 12.3. The fourth-order valence-electron chi connectivity index (χ4n) is 1.88. The molecule has 6 heteroatoms. The number of aromatic nitrogens is 1. The molecule has 106 valence electrons. The maximum absolute atomic E-state index is 12.3. The number of aryl methyl sites for hydroxylation is 1. The summed E-state index contributed by atoms with van der Waals surface area (Å²) in [6, 6.07) is 8.73. The van der Waals surface area contributed by atoms with E-state index in [4.69, 9.17) is 5.73 Å². The van der Waals surface area contributed by atoms with Gasteiger partial charge < -0.3 is 5.73 Å². The summed E-state index contributed by atoms with van der Waals surface area (Å²) in [7, 11) is -3.60. The molecule has 0 aliphatic carbocycles. The summed E-state index contributed by atoms with van der Waals surface area (Å²) in [6.07, 6.45) is 1.62. The van der Waals surface area contributed by atoms with E-state index < -0.39 is 10.0 Å². The molecule has 0 radical (unpaired) electrons. The van der Waals surface area contributed by atoms with E-state index in [1.165, 1.54) is 0 Å². The summed E-state index contributed by atoms with van der Waals surface area (Å²) in [5, 5.41) is 0. The number of hydrogen-bond donors (Lipinski definition) is 2. The van der Waals surface area contributed by atoms with Gasteiger partial charge in [-0.05, 0) is 49.2 Å². The number of benzene rings is 1. The molecule has 0 aliphatic rings. The second-order valence-electron chi connectivity index (χ2n) is 4.62. The summed E-state index contributed by atoms with van der Waals surface area (Å²) >= 11 is 0. The Labute approximate surface area is 118 Å². The highest BCUT2D eigenvalue weighted by molar-refractivity contribution is 7.89. The normalized spacial score (nSPS) is 11.5. The van der Waals surface area contributed by atoms with Gasteiger partial charge in [-0.15, -0.1) is 0 Å². The fraction of sp³-hybridized carbons (Fsp3) is 0.214. The third-order valence-electron chi connectivity index (χ3n) is 3.00. The largest absolute Gasteiger partial charge is 0.398 e. The Morgan fingerprint density at radius 2 is 2.00 bits per heavy atom. The molecule has 0 fully saturated rings. The number of sulfonamides is 1. The summed E-state index contributed by atoms with van der Waals surface area (Å²) in [6.45, 7) is 3.66. The Kier molecular flexibility index (Phi) is 4.06. The molecule has 20 heavy (non-hydrogen) atoms. The van der Waals surface area contributed by atoms with Crippen molar-refractivity contribution < 1.29 is 8.42 Å².